The molecule has 0 atom stereocenters. The Balaban J connectivity index is 1.86. The number of ether oxygens (including phenoxy) is 1. The highest BCUT2D eigenvalue weighted by Gasteiger charge is 2.17. The number of likely N-dealkylation sites (N-methyl/N-ethyl adjacent to an activating group) is 1. The maximum atomic E-state index is 12.7. The molecule has 0 unspecified atom stereocenters. The summed E-state index contributed by atoms with van der Waals surface area (Å²) in [7, 11) is 3.09. The molecule has 0 aliphatic heterocycles. The van der Waals surface area contributed by atoms with Gasteiger partial charge < -0.3 is 35.9 Å². The fraction of sp³-hybridized carbons (Fsp3) is 0.304. The molecule has 3 rings (SSSR count). The summed E-state index contributed by atoms with van der Waals surface area (Å²) in [5.41, 5.74) is 8.89. The number of benzene rings is 2. The summed E-state index contributed by atoms with van der Waals surface area (Å²) in [5, 5.41) is 10.7. The number of hydrogen-bond acceptors (Lipinski definition) is 9. The number of rotatable bonds is 10. The van der Waals surface area contributed by atoms with Gasteiger partial charge in [0.15, 0.2) is 5.82 Å². The Bertz CT molecular complexity index is 1200. The number of para-hydroxylation sites is 1. The van der Waals surface area contributed by atoms with Crippen LogP contribution in [-0.4, -0.2) is 62.5 Å². The van der Waals surface area contributed by atoms with Crippen molar-refractivity contribution in [3.63, 3.8) is 0 Å². The Morgan fingerprint density at radius 1 is 1.12 bits per heavy atom. The number of nitrogens with zero attached hydrogens (tertiary/aromatic N) is 3. The van der Waals surface area contributed by atoms with Crippen molar-refractivity contribution in [2.75, 3.05) is 69.3 Å². The molecule has 5 N–H and O–H groups in total. The van der Waals surface area contributed by atoms with Crippen molar-refractivity contribution >= 4 is 58.6 Å². The topological polar surface area (TPSA) is 117 Å². The third-order valence-corrected chi connectivity index (χ3v) is 6.80. The van der Waals surface area contributed by atoms with E-state index in [0.29, 0.717) is 44.9 Å². The van der Waals surface area contributed by atoms with Gasteiger partial charge in [0.1, 0.15) is 17.9 Å². The van der Waals surface area contributed by atoms with E-state index in [-0.39, 0.29) is 0 Å². The van der Waals surface area contributed by atoms with E-state index in [1.54, 1.807) is 26.5 Å². The summed E-state index contributed by atoms with van der Waals surface area (Å²) in [6.07, 6.45) is 1.49. The number of hydrogen-bond donors (Lipinski definition) is 4. The van der Waals surface area contributed by atoms with Crippen molar-refractivity contribution in [1.29, 1.82) is 0 Å². The number of nitrogens with two attached hydrogens (primary N) is 1. The first-order chi connectivity index (χ1) is 16.1. The highest BCUT2D eigenvalue weighted by atomic mass is 35.5. The van der Waals surface area contributed by atoms with Gasteiger partial charge in [0.05, 0.1) is 36.1 Å². The molecule has 0 bridgehead atoms. The number of halogens is 1. The standard InChI is InChI=1S/C23H31ClN7O2P/c1-31(2)11-10-26-18-13-20(33-3)19(12-16(18)25)29-23-27-14-15(24)22(30-23)28-17-8-6-7-9-21(17)34(4,5)32/h6-9,12-14,26H,10-11,25H2,1-5H3,(H2,27,28,29,30). The predicted molar refractivity (Wildman–Crippen MR) is 144 cm³/mol. The largest absolute Gasteiger partial charge is 0.494 e. The Labute approximate surface area is 205 Å². The fourth-order valence-corrected chi connectivity index (χ4v) is 4.54. The first-order valence-corrected chi connectivity index (χ1v) is 13.6. The van der Waals surface area contributed by atoms with Gasteiger partial charge in [-0.2, -0.15) is 4.98 Å². The minimum atomic E-state index is -2.51. The van der Waals surface area contributed by atoms with Gasteiger partial charge in [0, 0.05) is 24.5 Å². The molecule has 0 saturated heterocycles. The van der Waals surface area contributed by atoms with E-state index in [2.05, 4.69) is 30.8 Å². The van der Waals surface area contributed by atoms with Crippen LogP contribution in [0.15, 0.2) is 42.6 Å². The highest BCUT2D eigenvalue weighted by molar-refractivity contribution is 7.70. The van der Waals surface area contributed by atoms with E-state index < -0.39 is 7.14 Å². The number of nitrogen functional groups attached to an aromatic ring is 1. The fourth-order valence-electron chi connectivity index (χ4n) is 3.24. The summed E-state index contributed by atoms with van der Waals surface area (Å²) in [4.78, 5) is 10.9. The number of methoxy groups -OCH3 is 1. The summed E-state index contributed by atoms with van der Waals surface area (Å²) in [6.45, 7) is 5.05. The zero-order chi connectivity index (χ0) is 24.9. The average molecular weight is 504 g/mol. The molecule has 0 fully saturated rings. The van der Waals surface area contributed by atoms with Crippen molar-refractivity contribution in [1.82, 2.24) is 14.9 Å². The second-order valence-corrected chi connectivity index (χ2v) is 12.0. The molecule has 182 valence electrons. The van der Waals surface area contributed by atoms with Crippen LogP contribution in [0.25, 0.3) is 0 Å². The van der Waals surface area contributed by atoms with Crippen LogP contribution in [0, 0.1) is 0 Å². The van der Waals surface area contributed by atoms with Gasteiger partial charge in [-0.3, -0.25) is 0 Å². The van der Waals surface area contributed by atoms with Crippen molar-refractivity contribution in [2.45, 2.75) is 0 Å². The van der Waals surface area contributed by atoms with Gasteiger partial charge in [0.25, 0.3) is 0 Å². The summed E-state index contributed by atoms with van der Waals surface area (Å²) < 4.78 is 18.2. The van der Waals surface area contributed by atoms with E-state index in [4.69, 9.17) is 22.1 Å². The van der Waals surface area contributed by atoms with Gasteiger partial charge in [-0.05, 0) is 45.6 Å². The quantitative estimate of drug-likeness (QED) is 0.235. The second kappa shape index (κ2) is 11.0. The molecular formula is C23H31ClN7O2P. The summed E-state index contributed by atoms with van der Waals surface area (Å²) in [5.74, 6) is 1.26. The number of nitrogens with one attached hydrogen (secondary N) is 3. The molecule has 0 saturated carbocycles. The smallest absolute Gasteiger partial charge is 0.229 e. The summed E-state index contributed by atoms with van der Waals surface area (Å²) in [6, 6.07) is 11.0. The van der Waals surface area contributed by atoms with E-state index in [0.717, 1.165) is 18.8 Å². The van der Waals surface area contributed by atoms with Gasteiger partial charge in [-0.25, -0.2) is 4.98 Å². The lowest BCUT2D eigenvalue weighted by atomic mass is 10.2. The van der Waals surface area contributed by atoms with Gasteiger partial charge in [-0.1, -0.05) is 23.7 Å². The maximum Gasteiger partial charge on any atom is 0.229 e. The molecule has 3 aromatic rings. The van der Waals surface area contributed by atoms with Gasteiger partial charge >= 0.3 is 0 Å². The lowest BCUT2D eigenvalue weighted by molar-refractivity contribution is 0.416. The molecule has 9 nitrogen and oxygen atoms in total. The number of aromatic nitrogens is 2. The third-order valence-electron chi connectivity index (χ3n) is 4.97. The van der Waals surface area contributed by atoms with Crippen LogP contribution in [-0.2, 0) is 4.57 Å². The van der Waals surface area contributed by atoms with E-state index in [1.165, 1.54) is 6.20 Å². The van der Waals surface area contributed by atoms with Crippen LogP contribution in [0.4, 0.5) is 34.5 Å². The highest BCUT2D eigenvalue weighted by Crippen LogP contribution is 2.39. The molecule has 0 radical (unpaired) electrons. The van der Waals surface area contributed by atoms with Crippen LogP contribution >= 0.6 is 18.7 Å². The number of anilines is 6. The first kappa shape index (κ1) is 25.6. The van der Waals surface area contributed by atoms with Crippen LogP contribution in [0.1, 0.15) is 0 Å². The van der Waals surface area contributed by atoms with Crippen LogP contribution in [0.5, 0.6) is 5.75 Å². The molecular weight excluding hydrogens is 473 g/mol. The normalized spacial score (nSPS) is 11.4. The van der Waals surface area contributed by atoms with Crippen molar-refractivity contribution in [3.8, 4) is 5.75 Å². The zero-order valence-corrected chi connectivity index (χ0v) is 21.7. The second-order valence-electron chi connectivity index (χ2n) is 8.38. The van der Waals surface area contributed by atoms with Gasteiger partial charge in [-0.15, -0.1) is 0 Å². The molecule has 1 aromatic heterocycles. The Morgan fingerprint density at radius 3 is 2.53 bits per heavy atom. The maximum absolute atomic E-state index is 12.7. The average Bonchev–Trinajstić information content (AvgIpc) is 2.77. The summed E-state index contributed by atoms with van der Waals surface area (Å²) >= 11 is 6.35. The van der Waals surface area contributed by atoms with E-state index in [1.807, 2.05) is 44.4 Å². The molecule has 0 amide bonds. The lowest BCUT2D eigenvalue weighted by Gasteiger charge is -2.18. The molecule has 34 heavy (non-hydrogen) atoms. The minimum absolute atomic E-state index is 0.298. The molecule has 0 spiro atoms. The predicted octanol–water partition coefficient (Wildman–Crippen LogP) is 4.43. The minimum Gasteiger partial charge on any atom is -0.494 e. The Hall–Kier alpha value is -3.00. The van der Waals surface area contributed by atoms with Crippen LogP contribution in [0.2, 0.25) is 5.02 Å². The molecule has 0 aliphatic carbocycles. The van der Waals surface area contributed by atoms with Gasteiger partial charge in [0.2, 0.25) is 5.95 Å². The molecule has 0 aliphatic rings. The van der Waals surface area contributed by atoms with Crippen molar-refractivity contribution in [3.05, 3.63) is 47.6 Å². The first-order valence-electron chi connectivity index (χ1n) is 10.7. The molecule has 2 aromatic carbocycles. The zero-order valence-electron chi connectivity index (χ0n) is 20.0. The van der Waals surface area contributed by atoms with Crippen molar-refractivity contribution < 1.29 is 9.30 Å². The van der Waals surface area contributed by atoms with Crippen LogP contribution in [0.3, 0.4) is 0 Å². The van der Waals surface area contributed by atoms with E-state index in [9.17, 15) is 4.57 Å². The molecule has 11 heteroatoms. The third kappa shape index (κ3) is 6.53. The molecule has 1 heterocycles. The Morgan fingerprint density at radius 2 is 1.85 bits per heavy atom. The van der Waals surface area contributed by atoms with Crippen LogP contribution < -0.4 is 31.7 Å². The Kier molecular flexibility index (Phi) is 8.25. The SMILES string of the molecule is COc1cc(NCCN(C)C)c(N)cc1Nc1ncc(Cl)c(Nc2ccccc2P(C)(C)=O)n1. The lowest BCUT2D eigenvalue weighted by Crippen LogP contribution is -2.21. The monoisotopic (exact) mass is 503 g/mol. The van der Waals surface area contributed by atoms with Crippen molar-refractivity contribution in [2.24, 2.45) is 0 Å². The van der Waals surface area contributed by atoms with E-state index >= 15 is 0 Å².